The number of hydrogen-bond donors (Lipinski definition) is 2. The molecule has 2 rings (SSSR count). The van der Waals surface area contributed by atoms with Crippen LogP contribution >= 0.6 is 0 Å². The van der Waals surface area contributed by atoms with Gasteiger partial charge in [-0.25, -0.2) is 0 Å². The number of aliphatic hydroxyl groups excluding tert-OH is 1. The van der Waals surface area contributed by atoms with Crippen molar-refractivity contribution in [1.29, 1.82) is 0 Å². The van der Waals surface area contributed by atoms with Crippen LogP contribution in [-0.2, 0) is 0 Å². The topological polar surface area (TPSA) is 41.5 Å². The fourth-order valence-corrected chi connectivity index (χ4v) is 2.10. The zero-order valence-electron chi connectivity index (χ0n) is 8.94. The summed E-state index contributed by atoms with van der Waals surface area (Å²) < 4.78 is 5.18. The van der Waals surface area contributed by atoms with Crippen LogP contribution in [0.4, 0.5) is 0 Å². The van der Waals surface area contributed by atoms with Gasteiger partial charge in [0.2, 0.25) is 0 Å². The van der Waals surface area contributed by atoms with Crippen LogP contribution in [-0.4, -0.2) is 31.4 Å². The van der Waals surface area contributed by atoms with Gasteiger partial charge in [0.25, 0.3) is 0 Å². The molecule has 0 aromatic heterocycles. The molecule has 1 aromatic rings. The molecule has 1 aliphatic rings. The Bertz CT molecular complexity index is 327. The van der Waals surface area contributed by atoms with Crippen LogP contribution < -0.4 is 10.1 Å². The molecule has 1 aromatic carbocycles. The molecule has 2 atom stereocenters. The second kappa shape index (κ2) is 4.64. The highest BCUT2D eigenvalue weighted by molar-refractivity contribution is 5.31. The quantitative estimate of drug-likeness (QED) is 0.764. The molecule has 0 saturated carbocycles. The molecule has 15 heavy (non-hydrogen) atoms. The van der Waals surface area contributed by atoms with E-state index in [4.69, 9.17) is 4.74 Å². The number of benzene rings is 1. The molecule has 1 saturated heterocycles. The van der Waals surface area contributed by atoms with Crippen molar-refractivity contribution in [3.63, 3.8) is 0 Å². The summed E-state index contributed by atoms with van der Waals surface area (Å²) in [6.07, 6.45) is 0.694. The van der Waals surface area contributed by atoms with Crippen LogP contribution in [0.1, 0.15) is 17.9 Å². The zero-order valence-corrected chi connectivity index (χ0v) is 8.94. The van der Waals surface area contributed by atoms with Crippen molar-refractivity contribution in [2.75, 3.05) is 20.2 Å². The predicted octanol–water partition coefficient (Wildman–Crippen LogP) is 1.13. The fourth-order valence-electron chi connectivity index (χ4n) is 2.10. The Hall–Kier alpha value is -1.06. The number of methoxy groups -OCH3 is 1. The lowest BCUT2D eigenvalue weighted by Gasteiger charge is -2.28. The smallest absolute Gasteiger partial charge is 0.119 e. The Morgan fingerprint density at radius 2 is 2.33 bits per heavy atom. The van der Waals surface area contributed by atoms with Gasteiger partial charge in [-0.1, -0.05) is 12.1 Å². The van der Waals surface area contributed by atoms with Gasteiger partial charge in [0, 0.05) is 12.5 Å². The van der Waals surface area contributed by atoms with E-state index in [-0.39, 0.29) is 12.0 Å². The molecule has 3 heteroatoms. The Kier molecular flexibility index (Phi) is 3.23. The van der Waals surface area contributed by atoms with E-state index in [1.807, 2.05) is 18.2 Å². The van der Waals surface area contributed by atoms with Gasteiger partial charge < -0.3 is 15.2 Å². The normalized spacial score (nSPS) is 26.3. The number of hydrogen-bond acceptors (Lipinski definition) is 3. The lowest BCUT2D eigenvalue weighted by Crippen LogP contribution is -2.39. The number of ether oxygens (including phenoxy) is 1. The standard InChI is InChI=1S/C12H17NO2/c1-15-10-4-2-3-9(7-10)11-5-6-13-8-12(11)14/h2-4,7,11-14H,5-6,8H2,1H3/t11-,12+/m0/s1. The molecule has 0 spiro atoms. The van der Waals surface area contributed by atoms with E-state index in [1.165, 1.54) is 5.56 Å². The average Bonchev–Trinajstić information content (AvgIpc) is 2.30. The fraction of sp³-hybridized carbons (Fsp3) is 0.500. The van der Waals surface area contributed by atoms with E-state index in [0.717, 1.165) is 18.7 Å². The van der Waals surface area contributed by atoms with E-state index in [9.17, 15) is 5.11 Å². The molecule has 0 aliphatic carbocycles. The highest BCUT2D eigenvalue weighted by atomic mass is 16.5. The molecule has 0 bridgehead atoms. The van der Waals surface area contributed by atoms with Gasteiger partial charge in [0.05, 0.1) is 13.2 Å². The third-order valence-corrected chi connectivity index (χ3v) is 2.97. The minimum absolute atomic E-state index is 0.237. The third-order valence-electron chi connectivity index (χ3n) is 2.97. The van der Waals surface area contributed by atoms with Gasteiger partial charge in [-0.15, -0.1) is 0 Å². The van der Waals surface area contributed by atoms with E-state index < -0.39 is 0 Å². The number of piperidine rings is 1. The summed E-state index contributed by atoms with van der Waals surface area (Å²) in [5.74, 6) is 1.10. The molecular weight excluding hydrogens is 190 g/mol. The van der Waals surface area contributed by atoms with Crippen molar-refractivity contribution < 1.29 is 9.84 Å². The molecular formula is C12H17NO2. The van der Waals surface area contributed by atoms with Crippen molar-refractivity contribution in [3.05, 3.63) is 29.8 Å². The van der Waals surface area contributed by atoms with E-state index in [0.29, 0.717) is 6.54 Å². The number of rotatable bonds is 2. The maximum atomic E-state index is 9.88. The maximum Gasteiger partial charge on any atom is 0.119 e. The Morgan fingerprint density at radius 3 is 3.07 bits per heavy atom. The summed E-state index contributed by atoms with van der Waals surface area (Å²) in [6.45, 7) is 1.65. The van der Waals surface area contributed by atoms with Gasteiger partial charge in [-0.3, -0.25) is 0 Å². The Labute approximate surface area is 90.1 Å². The molecule has 2 N–H and O–H groups in total. The van der Waals surface area contributed by atoms with Gasteiger partial charge in [0.15, 0.2) is 0 Å². The minimum Gasteiger partial charge on any atom is -0.497 e. The van der Waals surface area contributed by atoms with E-state index in [2.05, 4.69) is 11.4 Å². The summed E-state index contributed by atoms with van der Waals surface area (Å²) in [7, 11) is 1.66. The first kappa shape index (κ1) is 10.5. The molecule has 82 valence electrons. The van der Waals surface area contributed by atoms with Crippen molar-refractivity contribution in [3.8, 4) is 5.75 Å². The SMILES string of the molecule is COc1cccc([C@@H]2CCNC[C@H]2O)c1. The van der Waals surface area contributed by atoms with Gasteiger partial charge >= 0.3 is 0 Å². The van der Waals surface area contributed by atoms with Crippen molar-refractivity contribution in [2.45, 2.75) is 18.4 Å². The van der Waals surface area contributed by atoms with E-state index >= 15 is 0 Å². The van der Waals surface area contributed by atoms with Crippen LogP contribution in [0.5, 0.6) is 5.75 Å². The molecule has 1 heterocycles. The van der Waals surface area contributed by atoms with Crippen molar-refractivity contribution >= 4 is 0 Å². The molecule has 3 nitrogen and oxygen atoms in total. The van der Waals surface area contributed by atoms with Crippen LogP contribution in [0.15, 0.2) is 24.3 Å². The van der Waals surface area contributed by atoms with Crippen LogP contribution in [0.3, 0.4) is 0 Å². The summed E-state index contributed by atoms with van der Waals surface area (Å²) in [6, 6.07) is 7.97. The molecule has 0 amide bonds. The number of nitrogens with one attached hydrogen (secondary N) is 1. The summed E-state index contributed by atoms with van der Waals surface area (Å²) in [4.78, 5) is 0. The Morgan fingerprint density at radius 1 is 1.47 bits per heavy atom. The number of aliphatic hydroxyl groups is 1. The van der Waals surface area contributed by atoms with Crippen molar-refractivity contribution in [1.82, 2.24) is 5.32 Å². The molecule has 1 fully saturated rings. The van der Waals surface area contributed by atoms with Crippen LogP contribution in [0, 0.1) is 0 Å². The summed E-state index contributed by atoms with van der Waals surface area (Å²) in [5, 5.41) is 13.1. The first-order valence-corrected chi connectivity index (χ1v) is 5.34. The Balaban J connectivity index is 2.19. The predicted molar refractivity (Wildman–Crippen MR) is 59.2 cm³/mol. The minimum atomic E-state index is -0.286. The first-order valence-electron chi connectivity index (χ1n) is 5.34. The van der Waals surface area contributed by atoms with Crippen molar-refractivity contribution in [2.24, 2.45) is 0 Å². The van der Waals surface area contributed by atoms with E-state index in [1.54, 1.807) is 7.11 Å². The molecule has 0 radical (unpaired) electrons. The zero-order chi connectivity index (χ0) is 10.7. The summed E-state index contributed by atoms with van der Waals surface area (Å²) >= 11 is 0. The highest BCUT2D eigenvalue weighted by Gasteiger charge is 2.24. The number of β-amino-alcohol motifs (C(OH)–C–C–N with tert-alkyl or cyclic N) is 1. The van der Waals surface area contributed by atoms with Gasteiger partial charge in [-0.05, 0) is 30.7 Å². The molecule has 0 unspecified atom stereocenters. The third kappa shape index (κ3) is 2.30. The lowest BCUT2D eigenvalue weighted by molar-refractivity contribution is 0.118. The molecule has 1 aliphatic heterocycles. The average molecular weight is 207 g/mol. The second-order valence-electron chi connectivity index (χ2n) is 3.94. The van der Waals surface area contributed by atoms with Gasteiger partial charge in [0.1, 0.15) is 5.75 Å². The largest absolute Gasteiger partial charge is 0.497 e. The van der Waals surface area contributed by atoms with Crippen LogP contribution in [0.25, 0.3) is 0 Å². The maximum absolute atomic E-state index is 9.88. The first-order chi connectivity index (χ1) is 7.31. The second-order valence-corrected chi connectivity index (χ2v) is 3.94. The van der Waals surface area contributed by atoms with Crippen LogP contribution in [0.2, 0.25) is 0 Å². The monoisotopic (exact) mass is 207 g/mol. The lowest BCUT2D eigenvalue weighted by atomic mass is 9.88. The van der Waals surface area contributed by atoms with Gasteiger partial charge in [-0.2, -0.15) is 0 Å². The summed E-state index contributed by atoms with van der Waals surface area (Å²) in [5.41, 5.74) is 1.17. The highest BCUT2D eigenvalue weighted by Crippen LogP contribution is 2.27.